The van der Waals surface area contributed by atoms with Crippen molar-refractivity contribution >= 4 is 5.82 Å². The van der Waals surface area contributed by atoms with Crippen molar-refractivity contribution in [2.45, 2.75) is 52.5 Å². The van der Waals surface area contributed by atoms with E-state index >= 15 is 0 Å². The summed E-state index contributed by atoms with van der Waals surface area (Å²) in [6.45, 7) is 11.8. The predicted octanol–water partition coefficient (Wildman–Crippen LogP) is 3.19. The van der Waals surface area contributed by atoms with E-state index in [2.05, 4.69) is 57.2 Å². The number of aromatic amines is 1. The van der Waals surface area contributed by atoms with Gasteiger partial charge in [0.15, 0.2) is 0 Å². The van der Waals surface area contributed by atoms with Crippen LogP contribution >= 0.6 is 0 Å². The number of nitrogens with one attached hydrogen (secondary N) is 2. The average molecular weight is 328 g/mol. The summed E-state index contributed by atoms with van der Waals surface area (Å²) < 4.78 is 0. The summed E-state index contributed by atoms with van der Waals surface area (Å²) >= 11 is 0. The lowest BCUT2D eigenvalue weighted by molar-refractivity contribution is 0.226. The minimum absolute atomic E-state index is 0.425. The summed E-state index contributed by atoms with van der Waals surface area (Å²) in [6, 6.07) is 4.54. The third-order valence-corrected chi connectivity index (χ3v) is 4.62. The van der Waals surface area contributed by atoms with Crippen molar-refractivity contribution in [1.82, 2.24) is 25.1 Å². The van der Waals surface area contributed by atoms with Gasteiger partial charge < -0.3 is 10.2 Å². The van der Waals surface area contributed by atoms with Crippen LogP contribution in [0.2, 0.25) is 0 Å². The molecule has 1 atom stereocenters. The Balaban J connectivity index is 1.78. The molecule has 0 bridgehead atoms. The summed E-state index contributed by atoms with van der Waals surface area (Å²) in [6.07, 6.45) is 2.42. The smallest absolute Gasteiger partial charge is 0.130 e. The second-order valence-corrected chi connectivity index (χ2v) is 6.93. The van der Waals surface area contributed by atoms with Crippen LogP contribution in [0.15, 0.2) is 12.1 Å². The van der Waals surface area contributed by atoms with Gasteiger partial charge in [0, 0.05) is 24.3 Å². The number of nitrogens with zero attached hydrogens (tertiary/aromatic N) is 4. The molecule has 0 aliphatic carbocycles. The molecular weight excluding hydrogens is 300 g/mol. The monoisotopic (exact) mass is 328 g/mol. The molecule has 24 heavy (non-hydrogen) atoms. The first-order valence-electron chi connectivity index (χ1n) is 8.95. The van der Waals surface area contributed by atoms with Gasteiger partial charge in [-0.3, -0.25) is 5.10 Å². The molecule has 1 unspecified atom stereocenters. The minimum atomic E-state index is 0.425. The molecule has 1 aliphatic rings. The molecule has 3 rings (SSSR count). The van der Waals surface area contributed by atoms with Crippen molar-refractivity contribution in [2.24, 2.45) is 0 Å². The molecule has 2 N–H and O–H groups in total. The maximum absolute atomic E-state index is 4.57. The Labute approximate surface area is 144 Å². The number of aromatic nitrogens is 4. The highest BCUT2D eigenvalue weighted by molar-refractivity contribution is 5.59. The second-order valence-electron chi connectivity index (χ2n) is 6.93. The molecule has 6 heteroatoms. The summed E-state index contributed by atoms with van der Waals surface area (Å²) in [7, 11) is 0. The number of likely N-dealkylation sites (N-methyl/N-ethyl adjacent to an activating group) is 1. The Kier molecular flexibility index (Phi) is 5.14. The van der Waals surface area contributed by atoms with Crippen LogP contribution in [0.1, 0.15) is 51.0 Å². The molecule has 1 fully saturated rings. The molecule has 130 valence electrons. The van der Waals surface area contributed by atoms with Crippen LogP contribution in [0, 0.1) is 6.92 Å². The fourth-order valence-electron chi connectivity index (χ4n) is 3.21. The van der Waals surface area contributed by atoms with Crippen LogP contribution in [-0.4, -0.2) is 50.7 Å². The average Bonchev–Trinajstić information content (AvgIpc) is 3.05. The van der Waals surface area contributed by atoms with Gasteiger partial charge >= 0.3 is 0 Å². The van der Waals surface area contributed by atoms with Gasteiger partial charge in [0.2, 0.25) is 0 Å². The quantitative estimate of drug-likeness (QED) is 0.882. The number of rotatable bonds is 5. The summed E-state index contributed by atoms with van der Waals surface area (Å²) in [4.78, 5) is 11.6. The lowest BCUT2D eigenvalue weighted by Gasteiger charge is -2.32. The van der Waals surface area contributed by atoms with Gasteiger partial charge in [0.05, 0.1) is 5.69 Å². The molecule has 6 nitrogen and oxygen atoms in total. The predicted molar refractivity (Wildman–Crippen MR) is 97.2 cm³/mol. The number of hydrogen-bond donors (Lipinski definition) is 2. The first-order chi connectivity index (χ1) is 11.5. The maximum atomic E-state index is 4.57. The van der Waals surface area contributed by atoms with Crippen LogP contribution in [0.25, 0.3) is 11.4 Å². The number of likely N-dealkylation sites (tertiary alicyclic amines) is 1. The number of hydrogen-bond acceptors (Lipinski definition) is 5. The molecule has 3 heterocycles. The minimum Gasteiger partial charge on any atom is -0.366 e. The van der Waals surface area contributed by atoms with Crippen molar-refractivity contribution in [3.8, 4) is 11.4 Å². The van der Waals surface area contributed by atoms with Gasteiger partial charge in [0.25, 0.3) is 0 Å². The molecule has 0 saturated carbocycles. The van der Waals surface area contributed by atoms with E-state index < -0.39 is 0 Å². The zero-order valence-electron chi connectivity index (χ0n) is 15.1. The molecule has 1 aliphatic heterocycles. The van der Waals surface area contributed by atoms with Crippen molar-refractivity contribution in [3.63, 3.8) is 0 Å². The van der Waals surface area contributed by atoms with Gasteiger partial charge in [-0.2, -0.15) is 5.10 Å². The molecule has 2 aromatic heterocycles. The third kappa shape index (κ3) is 3.93. The van der Waals surface area contributed by atoms with Gasteiger partial charge in [-0.15, -0.1) is 0 Å². The maximum Gasteiger partial charge on any atom is 0.130 e. The molecule has 1 saturated heterocycles. The number of H-pyrrole nitrogens is 1. The van der Waals surface area contributed by atoms with Crippen LogP contribution in [-0.2, 0) is 0 Å². The topological polar surface area (TPSA) is 69.7 Å². The largest absolute Gasteiger partial charge is 0.366 e. The highest BCUT2D eigenvalue weighted by Gasteiger charge is 2.19. The van der Waals surface area contributed by atoms with Crippen LogP contribution in [0.5, 0.6) is 0 Å². The summed E-state index contributed by atoms with van der Waals surface area (Å²) in [5.41, 5.74) is 2.88. The number of anilines is 1. The molecule has 0 amide bonds. The zero-order valence-corrected chi connectivity index (χ0v) is 15.1. The van der Waals surface area contributed by atoms with E-state index in [1.54, 1.807) is 0 Å². The highest BCUT2D eigenvalue weighted by atomic mass is 15.2. The Hall–Kier alpha value is -1.95. The van der Waals surface area contributed by atoms with Crippen LogP contribution < -0.4 is 5.32 Å². The fraction of sp³-hybridized carbons (Fsp3) is 0.611. The standard InChI is InChI=1S/C18H28N6/c1-5-24-8-6-7-14(11-24)21-18-10-16(19-13(4)20-18)17-9-15(12(2)3)22-23-17/h9-10,12,14H,5-8,11H2,1-4H3,(H,22,23)(H,19,20,21). The van der Waals surface area contributed by atoms with Crippen molar-refractivity contribution in [2.75, 3.05) is 25.0 Å². The lowest BCUT2D eigenvalue weighted by atomic mass is 10.1. The Morgan fingerprint density at radius 2 is 2.12 bits per heavy atom. The van der Waals surface area contributed by atoms with Gasteiger partial charge in [-0.05, 0) is 44.8 Å². The molecule has 0 radical (unpaired) electrons. The Morgan fingerprint density at radius 3 is 2.83 bits per heavy atom. The fourth-order valence-corrected chi connectivity index (χ4v) is 3.21. The van der Waals surface area contributed by atoms with E-state index in [1.807, 2.05) is 13.0 Å². The molecule has 0 aromatic carbocycles. The normalized spacial score (nSPS) is 19.0. The first kappa shape index (κ1) is 16.9. The third-order valence-electron chi connectivity index (χ3n) is 4.62. The van der Waals surface area contributed by atoms with Crippen LogP contribution in [0.4, 0.5) is 5.82 Å². The van der Waals surface area contributed by atoms with E-state index in [9.17, 15) is 0 Å². The SMILES string of the molecule is CCN1CCCC(Nc2cc(-c3cc(C(C)C)[nH]n3)nc(C)n2)C1. The number of piperidine rings is 1. The molecule has 0 spiro atoms. The van der Waals surface area contributed by atoms with Gasteiger partial charge in [-0.1, -0.05) is 20.8 Å². The van der Waals surface area contributed by atoms with E-state index in [0.717, 1.165) is 41.8 Å². The second kappa shape index (κ2) is 7.30. The summed E-state index contributed by atoms with van der Waals surface area (Å²) in [5, 5.41) is 11.1. The van der Waals surface area contributed by atoms with E-state index in [0.29, 0.717) is 12.0 Å². The highest BCUT2D eigenvalue weighted by Crippen LogP contribution is 2.23. The van der Waals surface area contributed by atoms with Gasteiger partial charge in [0.1, 0.15) is 17.3 Å². The van der Waals surface area contributed by atoms with Crippen molar-refractivity contribution in [3.05, 3.63) is 23.7 Å². The van der Waals surface area contributed by atoms with E-state index in [4.69, 9.17) is 0 Å². The Morgan fingerprint density at radius 1 is 1.29 bits per heavy atom. The van der Waals surface area contributed by atoms with E-state index in [1.165, 1.54) is 19.4 Å². The van der Waals surface area contributed by atoms with Crippen molar-refractivity contribution in [1.29, 1.82) is 0 Å². The molecule has 2 aromatic rings. The number of aryl methyl sites for hydroxylation is 1. The zero-order chi connectivity index (χ0) is 17.1. The van der Waals surface area contributed by atoms with Crippen LogP contribution in [0.3, 0.4) is 0 Å². The summed E-state index contributed by atoms with van der Waals surface area (Å²) in [5.74, 6) is 2.09. The lowest BCUT2D eigenvalue weighted by Crippen LogP contribution is -2.42. The Bertz CT molecular complexity index is 678. The van der Waals surface area contributed by atoms with E-state index in [-0.39, 0.29) is 0 Å². The first-order valence-corrected chi connectivity index (χ1v) is 8.95. The van der Waals surface area contributed by atoms with Gasteiger partial charge in [-0.25, -0.2) is 9.97 Å². The van der Waals surface area contributed by atoms with Crippen molar-refractivity contribution < 1.29 is 0 Å². The molecular formula is C18H28N6.